The lowest BCUT2D eigenvalue weighted by Crippen LogP contribution is -2.70. The standard InChI is InChI=1S/C28H38N4O2/c33-21-4-3-19-13-24-27-6-5-23-25(20(15-27)17-32(23)26(34)30-11-8-29-9-12-30)28(27,22(19)14-21)7-10-31(24)16-18-1-2-18/h3-4,14,18,20,23-25,29,33H,1-2,5-13,15-17H2/t20-,23?,24?,25?,27?,28?/m1/s1. The fraction of sp³-hybridized carbons (Fsp3) is 0.750. The molecule has 5 unspecified atom stereocenters. The van der Waals surface area contributed by atoms with Crippen molar-refractivity contribution in [1.29, 1.82) is 0 Å². The number of aromatic hydroxyl groups is 1. The van der Waals surface area contributed by atoms with Crippen LogP contribution in [0.25, 0.3) is 0 Å². The number of likely N-dealkylation sites (tertiary alicyclic amines) is 2. The summed E-state index contributed by atoms with van der Waals surface area (Å²) in [6.07, 6.45) is 8.89. The molecule has 34 heavy (non-hydrogen) atoms. The van der Waals surface area contributed by atoms with Gasteiger partial charge in [0.15, 0.2) is 0 Å². The fourth-order valence-corrected chi connectivity index (χ4v) is 10.2. The van der Waals surface area contributed by atoms with Gasteiger partial charge in [-0.3, -0.25) is 4.90 Å². The summed E-state index contributed by atoms with van der Waals surface area (Å²) in [6.45, 7) is 6.93. The number of benzene rings is 1. The third-order valence-electron chi connectivity index (χ3n) is 11.4. The molecule has 1 aromatic rings. The van der Waals surface area contributed by atoms with Crippen LogP contribution in [0.4, 0.5) is 4.79 Å². The molecule has 3 saturated heterocycles. The molecule has 8 rings (SSSR count). The Morgan fingerprint density at radius 1 is 1.12 bits per heavy atom. The Labute approximate surface area is 202 Å². The van der Waals surface area contributed by atoms with Crippen molar-refractivity contribution in [2.75, 3.05) is 45.8 Å². The number of nitrogens with one attached hydrogen (secondary N) is 1. The molecule has 3 aliphatic heterocycles. The van der Waals surface area contributed by atoms with E-state index in [0.29, 0.717) is 41.1 Å². The Balaban J connectivity index is 1.22. The van der Waals surface area contributed by atoms with E-state index in [1.807, 2.05) is 6.07 Å². The number of urea groups is 1. The quantitative estimate of drug-likeness (QED) is 0.710. The molecule has 6 nitrogen and oxygen atoms in total. The van der Waals surface area contributed by atoms with Gasteiger partial charge in [-0.05, 0) is 97.9 Å². The highest BCUT2D eigenvalue weighted by Crippen LogP contribution is 2.75. The Morgan fingerprint density at radius 2 is 1.97 bits per heavy atom. The molecule has 4 bridgehead atoms. The van der Waals surface area contributed by atoms with Crippen LogP contribution in [0.5, 0.6) is 5.75 Å². The molecular weight excluding hydrogens is 424 g/mol. The average Bonchev–Trinajstić information content (AvgIpc) is 3.55. The molecule has 0 radical (unpaired) electrons. The van der Waals surface area contributed by atoms with Gasteiger partial charge < -0.3 is 20.2 Å². The fourth-order valence-electron chi connectivity index (χ4n) is 10.2. The van der Waals surface area contributed by atoms with Crippen molar-refractivity contribution in [2.45, 2.75) is 62.4 Å². The number of piperidine rings is 1. The van der Waals surface area contributed by atoms with Crippen molar-refractivity contribution in [3.63, 3.8) is 0 Å². The minimum Gasteiger partial charge on any atom is -0.508 e. The van der Waals surface area contributed by atoms with Crippen LogP contribution in [0.15, 0.2) is 18.2 Å². The Hall–Kier alpha value is -1.79. The van der Waals surface area contributed by atoms with Crippen LogP contribution >= 0.6 is 0 Å². The van der Waals surface area contributed by atoms with E-state index in [0.717, 1.165) is 45.1 Å². The number of phenols is 1. The monoisotopic (exact) mass is 462 g/mol. The van der Waals surface area contributed by atoms with Crippen molar-refractivity contribution in [1.82, 2.24) is 20.0 Å². The molecule has 3 heterocycles. The summed E-state index contributed by atoms with van der Waals surface area (Å²) < 4.78 is 0. The third kappa shape index (κ3) is 2.47. The van der Waals surface area contributed by atoms with E-state index in [9.17, 15) is 9.90 Å². The molecule has 6 fully saturated rings. The molecule has 6 heteroatoms. The maximum atomic E-state index is 13.7. The minimum absolute atomic E-state index is 0.135. The molecule has 7 aliphatic rings. The number of carbonyl (C=O) groups is 1. The number of hydrogen-bond donors (Lipinski definition) is 2. The lowest BCUT2D eigenvalue weighted by Gasteiger charge is -2.66. The number of hydrogen-bond acceptors (Lipinski definition) is 4. The number of piperazine rings is 1. The summed E-state index contributed by atoms with van der Waals surface area (Å²) >= 11 is 0. The van der Waals surface area contributed by atoms with Crippen molar-refractivity contribution in [2.24, 2.45) is 23.2 Å². The van der Waals surface area contributed by atoms with Crippen LogP contribution in [-0.2, 0) is 11.8 Å². The second-order valence-corrected chi connectivity index (χ2v) is 12.6. The smallest absolute Gasteiger partial charge is 0.320 e. The van der Waals surface area contributed by atoms with Gasteiger partial charge in [-0.25, -0.2) is 4.79 Å². The highest BCUT2D eigenvalue weighted by Gasteiger charge is 2.76. The number of nitrogens with zero attached hydrogens (tertiary/aromatic N) is 3. The SMILES string of the molecule is O=C(N1CCNCC1)N1C[C@H]2CC34CCC1C2C31CCN(CC2CC2)C4Cc2ccc(O)cc21. The van der Waals surface area contributed by atoms with Crippen LogP contribution in [0.3, 0.4) is 0 Å². The van der Waals surface area contributed by atoms with E-state index in [1.165, 1.54) is 62.7 Å². The van der Waals surface area contributed by atoms with Gasteiger partial charge in [0, 0.05) is 56.8 Å². The van der Waals surface area contributed by atoms with Crippen LogP contribution in [0, 0.1) is 23.2 Å². The Morgan fingerprint density at radius 3 is 2.79 bits per heavy atom. The lowest BCUT2D eigenvalue weighted by molar-refractivity contribution is -0.102. The maximum absolute atomic E-state index is 13.7. The van der Waals surface area contributed by atoms with Crippen molar-refractivity contribution >= 4 is 6.03 Å². The van der Waals surface area contributed by atoms with Crippen LogP contribution in [0.2, 0.25) is 0 Å². The van der Waals surface area contributed by atoms with Gasteiger partial charge in [0.05, 0.1) is 0 Å². The molecule has 3 saturated carbocycles. The molecule has 2 amide bonds. The van der Waals surface area contributed by atoms with Gasteiger partial charge >= 0.3 is 6.03 Å². The van der Waals surface area contributed by atoms with Crippen molar-refractivity contribution in [3.05, 3.63) is 29.3 Å². The topological polar surface area (TPSA) is 59.1 Å². The normalized spacial score (nSPS) is 42.5. The Bertz CT molecular complexity index is 1040. The molecule has 2 N–H and O–H groups in total. The predicted molar refractivity (Wildman–Crippen MR) is 130 cm³/mol. The lowest BCUT2D eigenvalue weighted by atomic mass is 9.43. The number of fused-ring (bicyclic) bond motifs is 1. The largest absolute Gasteiger partial charge is 0.508 e. The van der Waals surface area contributed by atoms with E-state index < -0.39 is 0 Å². The number of carbonyl (C=O) groups excluding carboxylic acids is 1. The number of rotatable bonds is 2. The molecule has 4 aliphatic carbocycles. The van der Waals surface area contributed by atoms with Gasteiger partial charge in [0.25, 0.3) is 0 Å². The molecule has 0 aromatic heterocycles. The molecular formula is C28H38N4O2. The zero-order valence-corrected chi connectivity index (χ0v) is 20.2. The van der Waals surface area contributed by atoms with Crippen molar-refractivity contribution < 1.29 is 9.90 Å². The zero-order chi connectivity index (χ0) is 22.7. The van der Waals surface area contributed by atoms with E-state index in [2.05, 4.69) is 32.1 Å². The molecule has 6 atom stereocenters. The highest BCUT2D eigenvalue weighted by molar-refractivity contribution is 5.76. The van der Waals surface area contributed by atoms with E-state index in [4.69, 9.17) is 0 Å². The van der Waals surface area contributed by atoms with Gasteiger partial charge in [0.2, 0.25) is 0 Å². The first-order chi connectivity index (χ1) is 16.6. The molecule has 182 valence electrons. The number of amides is 2. The second-order valence-electron chi connectivity index (χ2n) is 12.6. The minimum atomic E-state index is 0.135. The predicted octanol–water partition coefficient (Wildman–Crippen LogP) is 2.80. The maximum Gasteiger partial charge on any atom is 0.320 e. The van der Waals surface area contributed by atoms with Gasteiger partial charge in [-0.15, -0.1) is 0 Å². The summed E-state index contributed by atoms with van der Waals surface area (Å²) in [5.74, 6) is 2.51. The second kappa shape index (κ2) is 6.91. The number of phenolic OH excluding ortho intramolecular Hbond substituents is 1. The first kappa shape index (κ1) is 20.4. The summed E-state index contributed by atoms with van der Waals surface area (Å²) in [5, 5.41) is 14.0. The summed E-state index contributed by atoms with van der Waals surface area (Å²) in [4.78, 5) is 21.0. The van der Waals surface area contributed by atoms with E-state index in [-0.39, 0.29) is 5.41 Å². The summed E-state index contributed by atoms with van der Waals surface area (Å²) in [7, 11) is 0. The first-order valence-corrected chi connectivity index (χ1v) is 13.9. The van der Waals surface area contributed by atoms with Gasteiger partial charge in [0.1, 0.15) is 5.75 Å². The highest BCUT2D eigenvalue weighted by atomic mass is 16.3. The Kier molecular flexibility index (Phi) is 4.15. The van der Waals surface area contributed by atoms with Crippen LogP contribution in [-0.4, -0.2) is 83.7 Å². The summed E-state index contributed by atoms with van der Waals surface area (Å²) in [5.41, 5.74) is 3.41. The van der Waals surface area contributed by atoms with Crippen molar-refractivity contribution in [3.8, 4) is 5.75 Å². The van der Waals surface area contributed by atoms with Crippen LogP contribution in [0.1, 0.15) is 49.7 Å². The first-order valence-electron chi connectivity index (χ1n) is 13.9. The zero-order valence-electron chi connectivity index (χ0n) is 20.2. The van der Waals surface area contributed by atoms with E-state index >= 15 is 0 Å². The molecule has 0 spiro atoms. The van der Waals surface area contributed by atoms with Gasteiger partial charge in [-0.1, -0.05) is 6.07 Å². The third-order valence-corrected chi connectivity index (χ3v) is 11.4. The summed E-state index contributed by atoms with van der Waals surface area (Å²) in [6, 6.07) is 7.58. The average molecular weight is 463 g/mol. The van der Waals surface area contributed by atoms with Gasteiger partial charge in [-0.2, -0.15) is 0 Å². The van der Waals surface area contributed by atoms with Crippen LogP contribution < -0.4 is 5.32 Å². The molecule has 1 aromatic carbocycles. The van der Waals surface area contributed by atoms with E-state index in [1.54, 1.807) is 0 Å².